The van der Waals surface area contributed by atoms with E-state index in [0.29, 0.717) is 28.1 Å². The normalized spacial score (nSPS) is 10.8. The number of benzene rings is 2. The fraction of sp³-hybridized carbons (Fsp3) is 0.273. The van der Waals surface area contributed by atoms with E-state index in [2.05, 4.69) is 28.6 Å². The monoisotopic (exact) mass is 470 g/mol. The molecule has 7 nitrogen and oxygen atoms in total. The van der Waals surface area contributed by atoms with E-state index in [4.69, 9.17) is 17.0 Å². The molecule has 0 aliphatic rings. The number of hydrogen-bond donors (Lipinski definition) is 3. The second kappa shape index (κ2) is 10.8. The summed E-state index contributed by atoms with van der Waals surface area (Å²) < 4.78 is 9.96. The summed E-state index contributed by atoms with van der Waals surface area (Å²) in [6.45, 7) is 6.16. The van der Waals surface area contributed by atoms with Crippen LogP contribution in [-0.4, -0.2) is 36.7 Å². The van der Waals surface area contributed by atoms with Crippen LogP contribution in [0.5, 0.6) is 17.2 Å². The quantitative estimate of drug-likeness (QED) is 0.261. The van der Waals surface area contributed by atoms with Crippen LogP contribution in [0.25, 0.3) is 28.0 Å². The van der Waals surface area contributed by atoms with Gasteiger partial charge in [-0.3, -0.25) is 9.67 Å². The Kier molecular flexibility index (Phi) is 9.09. The number of aromatic hydroxyl groups is 2. The Morgan fingerprint density at radius 3 is 2.47 bits per heavy atom. The number of hydrogen-bond acceptors (Lipinski definition) is 5. The van der Waals surface area contributed by atoms with Crippen molar-refractivity contribution in [2.24, 2.45) is 0 Å². The minimum Gasteiger partial charge on any atom is -0.508 e. The van der Waals surface area contributed by atoms with Gasteiger partial charge in [0.15, 0.2) is 10.6 Å². The molecule has 156 valence electrons. The largest absolute Gasteiger partial charge is 1.00 e. The fourth-order valence-corrected chi connectivity index (χ4v) is 4.04. The van der Waals surface area contributed by atoms with Crippen molar-refractivity contribution >= 4 is 23.1 Å². The molecular formula is C22H24N4Na2O3S+2. The summed E-state index contributed by atoms with van der Waals surface area (Å²) in [5, 5.41) is 28.8. The van der Waals surface area contributed by atoms with Crippen molar-refractivity contribution in [3.05, 3.63) is 46.9 Å². The Labute approximate surface area is 236 Å². The van der Waals surface area contributed by atoms with Crippen molar-refractivity contribution in [2.45, 2.75) is 33.2 Å². The molecule has 0 fully saturated rings. The van der Waals surface area contributed by atoms with Crippen LogP contribution >= 0.6 is 12.2 Å². The minimum absolute atomic E-state index is 0. The van der Waals surface area contributed by atoms with Gasteiger partial charge in [-0.25, -0.2) is 0 Å². The molecule has 2 aromatic heterocycles. The van der Waals surface area contributed by atoms with Gasteiger partial charge in [-0.1, -0.05) is 6.92 Å². The molecule has 0 radical (unpaired) electrons. The number of phenols is 2. The van der Waals surface area contributed by atoms with Gasteiger partial charge >= 0.3 is 59.1 Å². The van der Waals surface area contributed by atoms with Gasteiger partial charge in [0.2, 0.25) is 0 Å². The predicted octanol–water partition coefficient (Wildman–Crippen LogP) is -0.877. The van der Waals surface area contributed by atoms with Gasteiger partial charge in [0.25, 0.3) is 0 Å². The van der Waals surface area contributed by atoms with Crippen molar-refractivity contribution in [1.29, 1.82) is 0 Å². The van der Waals surface area contributed by atoms with Gasteiger partial charge in [0.1, 0.15) is 17.2 Å². The van der Waals surface area contributed by atoms with Gasteiger partial charge in [-0.05, 0) is 62.3 Å². The molecule has 4 rings (SSSR count). The Bertz CT molecular complexity index is 1310. The Balaban J connectivity index is 0.00000181. The third kappa shape index (κ3) is 4.55. The number of aromatic amines is 1. The molecule has 4 aromatic rings. The number of nitrogens with zero attached hydrogens (tertiary/aromatic N) is 3. The number of H-pyrrole nitrogens is 1. The maximum atomic E-state index is 10.5. The van der Waals surface area contributed by atoms with Crippen molar-refractivity contribution in [3.63, 3.8) is 0 Å². The van der Waals surface area contributed by atoms with Crippen LogP contribution in [0.1, 0.15) is 32.4 Å². The molecule has 0 saturated heterocycles. The first-order chi connectivity index (χ1) is 14.4. The fourth-order valence-electron chi connectivity index (χ4n) is 3.81. The van der Waals surface area contributed by atoms with Crippen molar-refractivity contribution in [2.75, 3.05) is 7.11 Å². The molecule has 0 bridgehead atoms. The van der Waals surface area contributed by atoms with E-state index in [0.717, 1.165) is 22.3 Å². The van der Waals surface area contributed by atoms with E-state index >= 15 is 0 Å². The zero-order valence-corrected chi connectivity index (χ0v) is 24.1. The maximum absolute atomic E-state index is 10.5. The van der Waals surface area contributed by atoms with Gasteiger partial charge in [0.05, 0.1) is 23.9 Å². The average molecular weight is 471 g/mol. The third-order valence-corrected chi connectivity index (χ3v) is 5.60. The Morgan fingerprint density at radius 1 is 1.12 bits per heavy atom. The van der Waals surface area contributed by atoms with Crippen molar-refractivity contribution in [1.82, 2.24) is 19.3 Å². The first-order valence-corrected chi connectivity index (χ1v) is 10.2. The number of phenolic OH excluding ortho intramolecular Hbond substituents is 2. The molecule has 0 saturated carbocycles. The zero-order valence-electron chi connectivity index (χ0n) is 19.3. The van der Waals surface area contributed by atoms with E-state index in [1.165, 1.54) is 6.07 Å². The average Bonchev–Trinajstić information content (AvgIpc) is 3.32. The van der Waals surface area contributed by atoms with Crippen LogP contribution in [0.2, 0.25) is 0 Å². The molecule has 32 heavy (non-hydrogen) atoms. The minimum atomic E-state index is -0.0653. The van der Waals surface area contributed by atoms with Crippen LogP contribution in [0, 0.1) is 4.77 Å². The van der Waals surface area contributed by atoms with Gasteiger partial charge in [0, 0.05) is 23.7 Å². The van der Waals surface area contributed by atoms with Gasteiger partial charge < -0.3 is 19.5 Å². The van der Waals surface area contributed by atoms with E-state index in [9.17, 15) is 10.2 Å². The summed E-state index contributed by atoms with van der Waals surface area (Å²) in [6, 6.07) is 9.19. The zero-order chi connectivity index (χ0) is 21.6. The van der Waals surface area contributed by atoms with Crippen LogP contribution in [0.15, 0.2) is 36.5 Å². The van der Waals surface area contributed by atoms with Crippen molar-refractivity contribution in [3.8, 4) is 34.3 Å². The van der Waals surface area contributed by atoms with Crippen LogP contribution in [0.4, 0.5) is 0 Å². The van der Waals surface area contributed by atoms with Crippen LogP contribution < -0.4 is 63.9 Å². The molecule has 0 aliphatic heterocycles. The van der Waals surface area contributed by atoms with E-state index in [1.807, 2.05) is 31.3 Å². The topological polar surface area (TPSA) is 88.2 Å². The second-order valence-electron chi connectivity index (χ2n) is 7.41. The van der Waals surface area contributed by atoms with Crippen molar-refractivity contribution < 1.29 is 74.1 Å². The molecule has 0 unspecified atom stereocenters. The predicted molar refractivity (Wildman–Crippen MR) is 119 cm³/mol. The number of nitrogens with one attached hydrogen (secondary N) is 1. The SMILES string of the molecule is CCc1cc(-c2n[nH]c(=S)n2-c2ccc(OC)c3c2ccn3C(C)C)c(O)cc1O.[Na+].[Na+]. The molecule has 2 heterocycles. The number of fused-ring (bicyclic) bond motifs is 1. The van der Waals surface area contributed by atoms with Crippen LogP contribution in [-0.2, 0) is 6.42 Å². The molecular weight excluding hydrogens is 446 g/mol. The number of aromatic nitrogens is 4. The molecule has 2 aromatic carbocycles. The molecule has 0 amide bonds. The molecule has 0 atom stereocenters. The Hall–Kier alpha value is -1.26. The van der Waals surface area contributed by atoms with Gasteiger partial charge in [-0.2, -0.15) is 5.10 Å². The Morgan fingerprint density at radius 2 is 1.84 bits per heavy atom. The number of methoxy groups -OCH3 is 1. The van der Waals surface area contributed by atoms with E-state index in [1.54, 1.807) is 17.7 Å². The molecule has 3 N–H and O–H groups in total. The number of rotatable bonds is 5. The summed E-state index contributed by atoms with van der Waals surface area (Å²) in [6.07, 6.45) is 2.65. The summed E-state index contributed by atoms with van der Waals surface area (Å²) in [4.78, 5) is 0. The summed E-state index contributed by atoms with van der Waals surface area (Å²) in [5.74, 6) is 1.23. The first-order valence-electron chi connectivity index (χ1n) is 9.77. The maximum Gasteiger partial charge on any atom is 1.00 e. The molecule has 10 heteroatoms. The standard InChI is InChI=1S/C22H24N4O3S.2Na/c1-5-13-10-15(18(28)11-17(13)27)21-23-24-22(30)26(21)16-6-7-19(29-4)20-14(16)8-9-25(20)12(2)3;;/h6-12,27-28H,5H2,1-4H3,(H,24,30);;/q;2*+1. The van der Waals surface area contributed by atoms with E-state index in [-0.39, 0.29) is 76.7 Å². The first kappa shape index (κ1) is 27.0. The number of aryl methyl sites for hydroxylation is 1. The third-order valence-electron chi connectivity index (χ3n) is 5.33. The number of ether oxygens (including phenoxy) is 1. The summed E-state index contributed by atoms with van der Waals surface area (Å²) in [5.41, 5.74) is 2.99. The molecule has 0 aliphatic carbocycles. The van der Waals surface area contributed by atoms with Crippen LogP contribution in [0.3, 0.4) is 0 Å². The smallest absolute Gasteiger partial charge is 0.508 e. The van der Waals surface area contributed by atoms with E-state index < -0.39 is 0 Å². The summed E-state index contributed by atoms with van der Waals surface area (Å²) >= 11 is 5.54. The summed E-state index contributed by atoms with van der Waals surface area (Å²) in [7, 11) is 1.65. The van der Waals surface area contributed by atoms with Gasteiger partial charge in [-0.15, -0.1) is 0 Å². The second-order valence-corrected chi connectivity index (χ2v) is 7.79. The molecule has 0 spiro atoms.